The minimum absolute atomic E-state index is 0.0654. The van der Waals surface area contributed by atoms with Crippen LogP contribution in [0.3, 0.4) is 0 Å². The van der Waals surface area contributed by atoms with Crippen LogP contribution in [0.25, 0.3) is 0 Å². The minimum atomic E-state index is -0.288. The van der Waals surface area contributed by atoms with Crippen LogP contribution in [0.1, 0.15) is 37.7 Å². The van der Waals surface area contributed by atoms with E-state index in [1.807, 2.05) is 13.0 Å². The van der Waals surface area contributed by atoms with Crippen molar-refractivity contribution in [2.75, 3.05) is 11.9 Å². The Bertz CT molecular complexity index is 542. The van der Waals surface area contributed by atoms with Gasteiger partial charge in [-0.05, 0) is 37.5 Å². The largest absolute Gasteiger partial charge is 0.335 e. The van der Waals surface area contributed by atoms with Crippen LogP contribution in [0, 0.1) is 6.92 Å². The molecule has 6 heteroatoms. The van der Waals surface area contributed by atoms with Gasteiger partial charge in [0.05, 0.1) is 6.54 Å². The standard InChI is InChI=1S/C16H22ClN3O2/c1-11-7-8-13(9-14(11)17)19-15(21)10-18-16(22)20-12-5-3-2-4-6-12/h7-9,12H,2-6,10H2,1H3,(H,19,21)(H2,18,20,22). The third-order valence-electron chi connectivity index (χ3n) is 3.81. The van der Waals surface area contributed by atoms with Crippen molar-refractivity contribution < 1.29 is 9.59 Å². The lowest BCUT2D eigenvalue weighted by Crippen LogP contribution is -2.45. The lowest BCUT2D eigenvalue weighted by atomic mass is 9.96. The van der Waals surface area contributed by atoms with Crippen LogP contribution in [-0.4, -0.2) is 24.5 Å². The Hall–Kier alpha value is -1.75. The second kappa shape index (κ2) is 8.03. The first-order valence-electron chi connectivity index (χ1n) is 7.65. The molecule has 1 fully saturated rings. The molecule has 0 aromatic heterocycles. The summed E-state index contributed by atoms with van der Waals surface area (Å²) in [5.41, 5.74) is 1.57. The lowest BCUT2D eigenvalue weighted by Gasteiger charge is -2.22. The van der Waals surface area contributed by atoms with E-state index in [1.54, 1.807) is 12.1 Å². The van der Waals surface area contributed by atoms with Crippen molar-refractivity contribution >= 4 is 29.2 Å². The Kier molecular flexibility index (Phi) is 6.07. The zero-order valence-corrected chi connectivity index (χ0v) is 13.5. The molecule has 1 saturated carbocycles. The number of carbonyl (C=O) groups is 2. The SMILES string of the molecule is Cc1ccc(NC(=O)CNC(=O)NC2CCCCC2)cc1Cl. The topological polar surface area (TPSA) is 70.2 Å². The van der Waals surface area contributed by atoms with Gasteiger partial charge in [-0.1, -0.05) is 36.9 Å². The Balaban J connectivity index is 1.72. The summed E-state index contributed by atoms with van der Waals surface area (Å²) in [5.74, 6) is -0.279. The molecule has 0 saturated heterocycles. The van der Waals surface area contributed by atoms with E-state index in [0.29, 0.717) is 10.7 Å². The van der Waals surface area contributed by atoms with Crippen LogP contribution in [-0.2, 0) is 4.79 Å². The molecule has 0 aliphatic heterocycles. The van der Waals surface area contributed by atoms with E-state index >= 15 is 0 Å². The number of nitrogens with one attached hydrogen (secondary N) is 3. The quantitative estimate of drug-likeness (QED) is 0.796. The summed E-state index contributed by atoms with van der Waals surface area (Å²) in [5, 5.41) is 8.79. The molecule has 22 heavy (non-hydrogen) atoms. The number of urea groups is 1. The highest BCUT2D eigenvalue weighted by molar-refractivity contribution is 6.31. The molecular formula is C16H22ClN3O2. The van der Waals surface area contributed by atoms with Crippen LogP contribution >= 0.6 is 11.6 Å². The first kappa shape index (κ1) is 16.6. The number of benzene rings is 1. The highest BCUT2D eigenvalue weighted by Gasteiger charge is 2.15. The molecule has 120 valence electrons. The fourth-order valence-electron chi connectivity index (χ4n) is 2.52. The van der Waals surface area contributed by atoms with Crippen LogP contribution in [0.15, 0.2) is 18.2 Å². The molecule has 0 heterocycles. The lowest BCUT2D eigenvalue weighted by molar-refractivity contribution is -0.115. The number of aryl methyl sites for hydroxylation is 1. The maximum absolute atomic E-state index is 11.8. The third-order valence-corrected chi connectivity index (χ3v) is 4.21. The summed E-state index contributed by atoms with van der Waals surface area (Å²) in [6.45, 7) is 1.83. The monoisotopic (exact) mass is 323 g/mol. The van der Waals surface area contributed by atoms with Crippen LogP contribution in [0.4, 0.5) is 10.5 Å². The van der Waals surface area contributed by atoms with Crippen LogP contribution in [0.2, 0.25) is 5.02 Å². The van der Waals surface area contributed by atoms with Gasteiger partial charge in [-0.3, -0.25) is 4.79 Å². The van der Waals surface area contributed by atoms with Gasteiger partial charge in [-0.25, -0.2) is 4.79 Å². The first-order chi connectivity index (χ1) is 10.5. The van der Waals surface area contributed by atoms with Gasteiger partial charge in [-0.2, -0.15) is 0 Å². The first-order valence-corrected chi connectivity index (χ1v) is 8.03. The number of amides is 3. The Labute approximate surface area is 135 Å². The van der Waals surface area contributed by atoms with E-state index < -0.39 is 0 Å². The maximum Gasteiger partial charge on any atom is 0.315 e. The smallest absolute Gasteiger partial charge is 0.315 e. The number of hydrogen-bond acceptors (Lipinski definition) is 2. The molecule has 3 N–H and O–H groups in total. The average molecular weight is 324 g/mol. The highest BCUT2D eigenvalue weighted by Crippen LogP contribution is 2.19. The summed E-state index contributed by atoms with van der Waals surface area (Å²) < 4.78 is 0. The van der Waals surface area contributed by atoms with Gasteiger partial charge in [0.2, 0.25) is 5.91 Å². The molecule has 1 aliphatic rings. The summed E-state index contributed by atoms with van der Waals surface area (Å²) >= 11 is 6.00. The zero-order chi connectivity index (χ0) is 15.9. The molecule has 3 amide bonds. The molecular weight excluding hydrogens is 302 g/mol. The van der Waals surface area contributed by atoms with E-state index in [0.717, 1.165) is 31.2 Å². The predicted molar refractivity (Wildman–Crippen MR) is 88.2 cm³/mol. The van der Waals surface area contributed by atoms with E-state index in [-0.39, 0.29) is 24.5 Å². The highest BCUT2D eigenvalue weighted by atomic mass is 35.5. The van der Waals surface area contributed by atoms with E-state index in [9.17, 15) is 9.59 Å². The number of anilines is 1. The molecule has 0 radical (unpaired) electrons. The third kappa shape index (κ3) is 5.22. The average Bonchev–Trinajstić information content (AvgIpc) is 2.50. The summed E-state index contributed by atoms with van der Waals surface area (Å²) in [4.78, 5) is 23.6. The van der Waals surface area contributed by atoms with Crippen LogP contribution in [0.5, 0.6) is 0 Å². The Morgan fingerprint density at radius 1 is 1.23 bits per heavy atom. The maximum atomic E-state index is 11.8. The summed E-state index contributed by atoms with van der Waals surface area (Å²) in [6.07, 6.45) is 5.57. The van der Waals surface area contributed by atoms with Gasteiger partial charge in [0.25, 0.3) is 0 Å². The number of rotatable bonds is 4. The second-order valence-electron chi connectivity index (χ2n) is 5.67. The fraction of sp³-hybridized carbons (Fsp3) is 0.500. The van der Waals surface area contributed by atoms with Crippen molar-refractivity contribution in [3.8, 4) is 0 Å². The number of halogens is 1. The summed E-state index contributed by atoms with van der Waals surface area (Å²) in [6, 6.07) is 5.25. The normalized spacial score (nSPS) is 15.2. The molecule has 1 aromatic rings. The molecule has 0 unspecified atom stereocenters. The van der Waals surface area contributed by atoms with Crippen molar-refractivity contribution in [1.82, 2.24) is 10.6 Å². The molecule has 0 spiro atoms. The molecule has 1 aromatic carbocycles. The number of carbonyl (C=O) groups excluding carboxylic acids is 2. The Morgan fingerprint density at radius 3 is 2.64 bits per heavy atom. The molecule has 0 atom stereocenters. The van der Waals surface area contributed by atoms with Crippen molar-refractivity contribution in [2.24, 2.45) is 0 Å². The summed E-state index contributed by atoms with van der Waals surface area (Å²) in [7, 11) is 0. The minimum Gasteiger partial charge on any atom is -0.335 e. The van der Waals surface area contributed by atoms with E-state index in [1.165, 1.54) is 6.42 Å². The van der Waals surface area contributed by atoms with Crippen molar-refractivity contribution in [2.45, 2.75) is 45.1 Å². The zero-order valence-electron chi connectivity index (χ0n) is 12.7. The van der Waals surface area contributed by atoms with Gasteiger partial charge >= 0.3 is 6.03 Å². The van der Waals surface area contributed by atoms with E-state index in [4.69, 9.17) is 11.6 Å². The number of hydrogen-bond donors (Lipinski definition) is 3. The van der Waals surface area contributed by atoms with Crippen molar-refractivity contribution in [3.05, 3.63) is 28.8 Å². The van der Waals surface area contributed by atoms with Gasteiger partial charge in [-0.15, -0.1) is 0 Å². The fourth-order valence-corrected chi connectivity index (χ4v) is 2.70. The predicted octanol–water partition coefficient (Wildman–Crippen LogP) is 3.22. The van der Waals surface area contributed by atoms with E-state index in [2.05, 4.69) is 16.0 Å². The molecule has 0 bridgehead atoms. The Morgan fingerprint density at radius 2 is 1.95 bits per heavy atom. The van der Waals surface area contributed by atoms with Crippen molar-refractivity contribution in [1.29, 1.82) is 0 Å². The van der Waals surface area contributed by atoms with Gasteiger partial charge in [0, 0.05) is 16.8 Å². The van der Waals surface area contributed by atoms with Gasteiger partial charge in [0.15, 0.2) is 0 Å². The molecule has 2 rings (SSSR count). The second-order valence-corrected chi connectivity index (χ2v) is 6.08. The van der Waals surface area contributed by atoms with Crippen LogP contribution < -0.4 is 16.0 Å². The molecule has 1 aliphatic carbocycles. The van der Waals surface area contributed by atoms with Crippen molar-refractivity contribution in [3.63, 3.8) is 0 Å². The van der Waals surface area contributed by atoms with Gasteiger partial charge in [0.1, 0.15) is 0 Å². The van der Waals surface area contributed by atoms with Gasteiger partial charge < -0.3 is 16.0 Å². The molecule has 5 nitrogen and oxygen atoms in total.